The zero-order chi connectivity index (χ0) is 18.0. The average molecular weight is 329 g/mol. The summed E-state index contributed by atoms with van der Waals surface area (Å²) in [6.07, 6.45) is 15.1. The summed E-state index contributed by atoms with van der Waals surface area (Å²) >= 11 is 0. The minimum Gasteiger partial charge on any atom is -0.0995 e. The first-order valence-corrected chi connectivity index (χ1v) is 10.2. The van der Waals surface area contributed by atoms with Gasteiger partial charge in [0.15, 0.2) is 0 Å². The van der Waals surface area contributed by atoms with E-state index in [2.05, 4.69) is 60.3 Å². The fourth-order valence-corrected chi connectivity index (χ4v) is 4.86. The molecule has 1 saturated carbocycles. The maximum Gasteiger partial charge on any atom is -0.00873 e. The van der Waals surface area contributed by atoms with Crippen LogP contribution in [0.1, 0.15) is 92.9 Å². The van der Waals surface area contributed by atoms with Crippen LogP contribution in [0.2, 0.25) is 0 Å². The minimum atomic E-state index is 0.421. The second kappa shape index (κ2) is 7.63. The van der Waals surface area contributed by atoms with Gasteiger partial charge in [-0.3, -0.25) is 0 Å². The van der Waals surface area contributed by atoms with Crippen LogP contribution in [0.4, 0.5) is 0 Å². The molecule has 0 nitrogen and oxygen atoms in total. The van der Waals surface area contributed by atoms with Gasteiger partial charge in [-0.2, -0.15) is 0 Å². The van der Waals surface area contributed by atoms with Crippen molar-refractivity contribution in [2.75, 3.05) is 0 Å². The maximum absolute atomic E-state index is 4.24. The van der Waals surface area contributed by atoms with Crippen molar-refractivity contribution in [3.05, 3.63) is 35.5 Å². The highest BCUT2D eigenvalue weighted by Gasteiger charge is 2.42. The minimum absolute atomic E-state index is 0.421. The Morgan fingerprint density at radius 3 is 2.46 bits per heavy atom. The highest BCUT2D eigenvalue weighted by Crippen LogP contribution is 2.53. The number of hydrogen-bond acceptors (Lipinski definition) is 0. The fraction of sp³-hybridized carbons (Fsp3) is 0.750. The van der Waals surface area contributed by atoms with Crippen molar-refractivity contribution in [1.82, 2.24) is 0 Å². The number of allylic oxidation sites excluding steroid dienone is 5. The topological polar surface area (TPSA) is 0 Å². The van der Waals surface area contributed by atoms with Crippen LogP contribution < -0.4 is 0 Å². The van der Waals surface area contributed by atoms with Gasteiger partial charge in [-0.1, -0.05) is 83.4 Å². The zero-order valence-corrected chi connectivity index (χ0v) is 17.2. The molecule has 0 heteroatoms. The molecule has 0 aromatic heterocycles. The molecule has 3 unspecified atom stereocenters. The second-order valence-electron chi connectivity index (χ2n) is 9.85. The summed E-state index contributed by atoms with van der Waals surface area (Å²) in [6, 6.07) is 0. The molecule has 0 spiro atoms. The number of rotatable bonds is 5. The molecule has 0 N–H and O–H groups in total. The van der Waals surface area contributed by atoms with Gasteiger partial charge in [-0.15, -0.1) is 0 Å². The van der Waals surface area contributed by atoms with E-state index in [1.165, 1.54) is 50.5 Å². The van der Waals surface area contributed by atoms with E-state index in [4.69, 9.17) is 0 Å². The maximum atomic E-state index is 4.24. The van der Waals surface area contributed by atoms with Crippen molar-refractivity contribution in [3.63, 3.8) is 0 Å². The lowest BCUT2D eigenvalue weighted by Crippen LogP contribution is -2.38. The van der Waals surface area contributed by atoms with Crippen LogP contribution in [0, 0.1) is 22.7 Å². The van der Waals surface area contributed by atoms with E-state index in [1.54, 1.807) is 11.1 Å². The van der Waals surface area contributed by atoms with Crippen LogP contribution >= 0.6 is 0 Å². The Morgan fingerprint density at radius 1 is 1.25 bits per heavy atom. The molecule has 0 heterocycles. The average Bonchev–Trinajstić information content (AvgIpc) is 2.50. The van der Waals surface area contributed by atoms with Crippen LogP contribution in [-0.2, 0) is 0 Å². The van der Waals surface area contributed by atoms with Crippen LogP contribution in [0.15, 0.2) is 35.5 Å². The Hall–Kier alpha value is -0.780. The van der Waals surface area contributed by atoms with E-state index in [1.807, 2.05) is 0 Å². The molecule has 24 heavy (non-hydrogen) atoms. The highest BCUT2D eigenvalue weighted by atomic mass is 14.5. The molecule has 136 valence electrons. The van der Waals surface area contributed by atoms with Crippen molar-refractivity contribution >= 4 is 0 Å². The Kier molecular flexibility index (Phi) is 6.21. The summed E-state index contributed by atoms with van der Waals surface area (Å²) < 4.78 is 0. The van der Waals surface area contributed by atoms with Gasteiger partial charge in [0.2, 0.25) is 0 Å². The third-order valence-electron chi connectivity index (χ3n) is 7.01. The fourth-order valence-electron chi connectivity index (χ4n) is 4.86. The lowest BCUT2D eigenvalue weighted by molar-refractivity contribution is 0.0664. The van der Waals surface area contributed by atoms with E-state index < -0.39 is 0 Å². The van der Waals surface area contributed by atoms with Gasteiger partial charge in [0, 0.05) is 0 Å². The van der Waals surface area contributed by atoms with Gasteiger partial charge in [-0.05, 0) is 67.6 Å². The van der Waals surface area contributed by atoms with E-state index >= 15 is 0 Å². The molecular weight excluding hydrogens is 288 g/mol. The van der Waals surface area contributed by atoms with Crippen LogP contribution in [0.5, 0.6) is 0 Å². The largest absolute Gasteiger partial charge is 0.0995 e. The first-order chi connectivity index (χ1) is 11.2. The lowest BCUT2D eigenvalue weighted by atomic mass is 9.56. The van der Waals surface area contributed by atoms with Crippen molar-refractivity contribution in [2.24, 2.45) is 22.7 Å². The third kappa shape index (κ3) is 4.44. The van der Waals surface area contributed by atoms with Gasteiger partial charge >= 0.3 is 0 Å². The van der Waals surface area contributed by atoms with Gasteiger partial charge in [0.1, 0.15) is 0 Å². The summed E-state index contributed by atoms with van der Waals surface area (Å²) in [7, 11) is 0. The quantitative estimate of drug-likeness (QED) is 0.450. The molecule has 2 aliphatic rings. The molecule has 0 aromatic carbocycles. The normalized spacial score (nSPS) is 31.4. The summed E-state index contributed by atoms with van der Waals surface area (Å²) in [4.78, 5) is 0. The Balaban J connectivity index is 2.05. The summed E-state index contributed by atoms with van der Waals surface area (Å²) in [5.41, 5.74) is 5.60. The molecule has 1 fully saturated rings. The molecule has 0 saturated heterocycles. The van der Waals surface area contributed by atoms with Gasteiger partial charge in [0.05, 0.1) is 0 Å². The molecule has 0 bridgehead atoms. The first kappa shape index (κ1) is 19.5. The van der Waals surface area contributed by atoms with Gasteiger partial charge < -0.3 is 0 Å². The predicted molar refractivity (Wildman–Crippen MR) is 108 cm³/mol. The van der Waals surface area contributed by atoms with Crippen molar-refractivity contribution in [3.8, 4) is 0 Å². The van der Waals surface area contributed by atoms with E-state index in [-0.39, 0.29) is 0 Å². The SMILES string of the molecule is C=C(CCC)CC1=CC=C(C2(C)CCC(C(C)(C)C)CC2C)CC1. The van der Waals surface area contributed by atoms with Crippen LogP contribution in [0.3, 0.4) is 0 Å². The predicted octanol–water partition coefficient (Wildman–Crippen LogP) is 7.87. The molecule has 2 aliphatic carbocycles. The molecule has 0 radical (unpaired) electrons. The van der Waals surface area contributed by atoms with Crippen molar-refractivity contribution in [2.45, 2.75) is 92.9 Å². The van der Waals surface area contributed by atoms with E-state index in [0.29, 0.717) is 10.8 Å². The number of hydrogen-bond donors (Lipinski definition) is 0. The summed E-state index contributed by atoms with van der Waals surface area (Å²) in [5, 5.41) is 0. The third-order valence-corrected chi connectivity index (χ3v) is 7.01. The molecule has 3 atom stereocenters. The van der Waals surface area contributed by atoms with Gasteiger partial charge in [-0.25, -0.2) is 0 Å². The van der Waals surface area contributed by atoms with Crippen molar-refractivity contribution < 1.29 is 0 Å². The highest BCUT2D eigenvalue weighted by molar-refractivity contribution is 5.31. The van der Waals surface area contributed by atoms with Crippen LogP contribution in [-0.4, -0.2) is 0 Å². The monoisotopic (exact) mass is 328 g/mol. The lowest BCUT2D eigenvalue weighted by Gasteiger charge is -2.48. The molecule has 2 rings (SSSR count). The molecular formula is C24H40. The van der Waals surface area contributed by atoms with Crippen LogP contribution in [0.25, 0.3) is 0 Å². The molecule has 0 aliphatic heterocycles. The smallest absolute Gasteiger partial charge is 0.00873 e. The molecule has 0 amide bonds. The second-order valence-corrected chi connectivity index (χ2v) is 9.85. The Morgan fingerprint density at radius 2 is 1.96 bits per heavy atom. The van der Waals surface area contributed by atoms with Crippen molar-refractivity contribution in [1.29, 1.82) is 0 Å². The first-order valence-electron chi connectivity index (χ1n) is 10.2. The zero-order valence-electron chi connectivity index (χ0n) is 17.2. The van der Waals surface area contributed by atoms with Gasteiger partial charge in [0.25, 0.3) is 0 Å². The molecule has 0 aromatic rings. The Bertz CT molecular complexity index is 511. The Labute approximate surface area is 151 Å². The summed E-state index contributed by atoms with van der Waals surface area (Å²) in [5.74, 6) is 1.68. The standard InChI is InChI=1S/C24H40/c1-8-9-18(2)16-20-10-12-21(13-11-20)24(7)15-14-22(17-19(24)3)23(4,5)6/h10,12,19,22H,2,8-9,11,13-17H2,1,3-7H3. The summed E-state index contributed by atoms with van der Waals surface area (Å²) in [6.45, 7) is 18.8. The van der Waals surface area contributed by atoms with E-state index in [9.17, 15) is 0 Å². The van der Waals surface area contributed by atoms with E-state index in [0.717, 1.165) is 18.3 Å².